The Morgan fingerprint density at radius 3 is 2.17 bits per heavy atom. The maximum atomic E-state index is 13.4. The standard InChI is InChI=1S/C13H14F3NO/c14-8-6-10(15)12(11(16)7-8)13(18)17-9-4-2-1-3-5-9/h6-7,9H,1-5H2,(H,17,18). The highest BCUT2D eigenvalue weighted by atomic mass is 19.1. The number of nitrogens with one attached hydrogen (secondary N) is 1. The minimum atomic E-state index is -1.17. The van der Waals surface area contributed by atoms with Gasteiger partial charge in [-0.05, 0) is 12.8 Å². The van der Waals surface area contributed by atoms with Crippen LogP contribution in [0.1, 0.15) is 42.5 Å². The van der Waals surface area contributed by atoms with Crippen molar-refractivity contribution in [3.63, 3.8) is 0 Å². The minimum Gasteiger partial charge on any atom is -0.349 e. The molecule has 0 radical (unpaired) electrons. The van der Waals surface area contributed by atoms with Crippen LogP contribution in [0, 0.1) is 17.5 Å². The van der Waals surface area contributed by atoms with E-state index < -0.39 is 28.9 Å². The first-order valence-electron chi connectivity index (χ1n) is 6.03. The van der Waals surface area contributed by atoms with Crippen LogP contribution in [0.25, 0.3) is 0 Å². The molecule has 0 aliphatic heterocycles. The fourth-order valence-corrected chi connectivity index (χ4v) is 2.26. The zero-order chi connectivity index (χ0) is 13.1. The van der Waals surface area contributed by atoms with E-state index in [9.17, 15) is 18.0 Å². The van der Waals surface area contributed by atoms with Crippen LogP contribution in [0.15, 0.2) is 12.1 Å². The summed E-state index contributed by atoms with van der Waals surface area (Å²) in [6.07, 6.45) is 4.75. The van der Waals surface area contributed by atoms with Gasteiger partial charge in [-0.15, -0.1) is 0 Å². The fourth-order valence-electron chi connectivity index (χ4n) is 2.26. The largest absolute Gasteiger partial charge is 0.349 e. The predicted octanol–water partition coefficient (Wildman–Crippen LogP) is 3.17. The predicted molar refractivity (Wildman–Crippen MR) is 60.7 cm³/mol. The molecule has 0 saturated heterocycles. The van der Waals surface area contributed by atoms with Gasteiger partial charge in [0.05, 0.1) is 0 Å². The third-order valence-electron chi connectivity index (χ3n) is 3.17. The molecule has 0 bridgehead atoms. The van der Waals surface area contributed by atoms with Crippen molar-refractivity contribution < 1.29 is 18.0 Å². The summed E-state index contributed by atoms with van der Waals surface area (Å²) in [6, 6.07) is 0.979. The van der Waals surface area contributed by atoms with Crippen LogP contribution in [0.5, 0.6) is 0 Å². The quantitative estimate of drug-likeness (QED) is 0.866. The van der Waals surface area contributed by atoms with Gasteiger partial charge < -0.3 is 5.32 Å². The second-order valence-corrected chi connectivity index (χ2v) is 4.55. The third kappa shape index (κ3) is 2.83. The van der Waals surface area contributed by atoms with Crippen molar-refractivity contribution in [2.75, 3.05) is 0 Å². The average molecular weight is 257 g/mol. The first kappa shape index (κ1) is 12.9. The third-order valence-corrected chi connectivity index (χ3v) is 3.17. The Bertz CT molecular complexity index is 433. The van der Waals surface area contributed by atoms with E-state index in [1.807, 2.05) is 0 Å². The van der Waals surface area contributed by atoms with Gasteiger partial charge in [0.15, 0.2) is 0 Å². The second kappa shape index (κ2) is 5.42. The maximum absolute atomic E-state index is 13.4. The maximum Gasteiger partial charge on any atom is 0.257 e. The topological polar surface area (TPSA) is 29.1 Å². The molecule has 1 aliphatic rings. The van der Waals surface area contributed by atoms with Crippen molar-refractivity contribution in [2.45, 2.75) is 38.1 Å². The van der Waals surface area contributed by atoms with Gasteiger partial charge in [-0.1, -0.05) is 19.3 Å². The van der Waals surface area contributed by atoms with Crippen LogP contribution in [0.3, 0.4) is 0 Å². The van der Waals surface area contributed by atoms with E-state index in [0.29, 0.717) is 12.1 Å². The zero-order valence-electron chi connectivity index (χ0n) is 9.81. The lowest BCUT2D eigenvalue weighted by Crippen LogP contribution is -2.37. The number of carbonyl (C=O) groups is 1. The summed E-state index contributed by atoms with van der Waals surface area (Å²) in [5, 5.41) is 2.59. The molecule has 1 fully saturated rings. The van der Waals surface area contributed by atoms with Crippen LogP contribution in [-0.2, 0) is 0 Å². The highest BCUT2D eigenvalue weighted by Gasteiger charge is 2.22. The van der Waals surface area contributed by atoms with Crippen molar-refractivity contribution in [3.05, 3.63) is 35.1 Å². The Balaban J connectivity index is 2.13. The Morgan fingerprint density at radius 1 is 1.06 bits per heavy atom. The molecule has 0 unspecified atom stereocenters. The van der Waals surface area contributed by atoms with Gasteiger partial charge in [-0.25, -0.2) is 13.2 Å². The SMILES string of the molecule is O=C(NC1CCCCC1)c1c(F)cc(F)cc1F. The van der Waals surface area contributed by atoms with E-state index >= 15 is 0 Å². The molecule has 0 heterocycles. The van der Waals surface area contributed by atoms with Crippen LogP contribution < -0.4 is 5.32 Å². The van der Waals surface area contributed by atoms with Crippen LogP contribution >= 0.6 is 0 Å². The monoisotopic (exact) mass is 257 g/mol. The molecule has 1 N–H and O–H groups in total. The number of hydrogen-bond donors (Lipinski definition) is 1. The lowest BCUT2D eigenvalue weighted by atomic mass is 9.95. The van der Waals surface area contributed by atoms with E-state index in [0.717, 1.165) is 32.1 Å². The van der Waals surface area contributed by atoms with Crippen molar-refractivity contribution in [1.82, 2.24) is 5.32 Å². The number of benzene rings is 1. The molecule has 1 aromatic rings. The van der Waals surface area contributed by atoms with Gasteiger partial charge in [0.25, 0.3) is 5.91 Å². The van der Waals surface area contributed by atoms with Crippen molar-refractivity contribution >= 4 is 5.91 Å². The molecule has 1 saturated carbocycles. The normalized spacial score (nSPS) is 16.6. The minimum absolute atomic E-state index is 0.0462. The van der Waals surface area contributed by atoms with Gasteiger partial charge in [-0.2, -0.15) is 0 Å². The van der Waals surface area contributed by atoms with Gasteiger partial charge >= 0.3 is 0 Å². The number of hydrogen-bond acceptors (Lipinski definition) is 1. The summed E-state index contributed by atoms with van der Waals surface area (Å²) in [5.74, 6) is -4.17. The van der Waals surface area contributed by atoms with Crippen LogP contribution in [0.2, 0.25) is 0 Å². The molecule has 2 rings (SSSR count). The Labute approximate surface area is 103 Å². The van der Waals surface area contributed by atoms with Crippen LogP contribution in [-0.4, -0.2) is 11.9 Å². The number of amides is 1. The number of halogens is 3. The molecule has 0 atom stereocenters. The summed E-state index contributed by atoms with van der Waals surface area (Å²) in [5.41, 5.74) is -0.707. The molecular formula is C13H14F3NO. The Hall–Kier alpha value is -1.52. The molecule has 98 valence electrons. The molecule has 1 amide bonds. The molecule has 1 aliphatic carbocycles. The second-order valence-electron chi connectivity index (χ2n) is 4.55. The summed E-state index contributed by atoms with van der Waals surface area (Å²) in [6.45, 7) is 0. The molecule has 5 heteroatoms. The number of carbonyl (C=O) groups excluding carboxylic acids is 1. The van der Waals surface area contributed by atoms with Crippen LogP contribution in [0.4, 0.5) is 13.2 Å². The van der Waals surface area contributed by atoms with Gasteiger partial charge in [0, 0.05) is 18.2 Å². The average Bonchev–Trinajstić information content (AvgIpc) is 2.28. The van der Waals surface area contributed by atoms with Gasteiger partial charge in [0.1, 0.15) is 23.0 Å². The smallest absolute Gasteiger partial charge is 0.257 e. The first-order chi connectivity index (χ1) is 8.58. The van der Waals surface area contributed by atoms with Crippen molar-refractivity contribution in [1.29, 1.82) is 0 Å². The lowest BCUT2D eigenvalue weighted by molar-refractivity contribution is 0.0919. The van der Waals surface area contributed by atoms with Crippen molar-refractivity contribution in [3.8, 4) is 0 Å². The van der Waals surface area contributed by atoms with E-state index in [-0.39, 0.29) is 6.04 Å². The van der Waals surface area contributed by atoms with Gasteiger partial charge in [0.2, 0.25) is 0 Å². The fraction of sp³-hybridized carbons (Fsp3) is 0.462. The first-order valence-corrected chi connectivity index (χ1v) is 6.03. The van der Waals surface area contributed by atoms with E-state index in [2.05, 4.69) is 5.32 Å². The summed E-state index contributed by atoms with van der Waals surface area (Å²) in [7, 11) is 0. The van der Waals surface area contributed by atoms with Crippen molar-refractivity contribution in [2.24, 2.45) is 0 Å². The lowest BCUT2D eigenvalue weighted by Gasteiger charge is -2.22. The summed E-state index contributed by atoms with van der Waals surface area (Å²) in [4.78, 5) is 11.8. The van der Waals surface area contributed by atoms with E-state index in [4.69, 9.17) is 0 Å². The molecule has 0 spiro atoms. The Kier molecular flexibility index (Phi) is 3.89. The molecule has 18 heavy (non-hydrogen) atoms. The summed E-state index contributed by atoms with van der Waals surface area (Å²) < 4.78 is 39.5. The highest BCUT2D eigenvalue weighted by Crippen LogP contribution is 2.19. The molecular weight excluding hydrogens is 243 g/mol. The molecule has 1 aromatic carbocycles. The number of rotatable bonds is 2. The summed E-state index contributed by atoms with van der Waals surface area (Å²) >= 11 is 0. The highest BCUT2D eigenvalue weighted by molar-refractivity contribution is 5.94. The molecule has 2 nitrogen and oxygen atoms in total. The zero-order valence-corrected chi connectivity index (χ0v) is 9.81. The van der Waals surface area contributed by atoms with E-state index in [1.165, 1.54) is 0 Å². The van der Waals surface area contributed by atoms with E-state index in [1.54, 1.807) is 0 Å². The van der Waals surface area contributed by atoms with Gasteiger partial charge in [-0.3, -0.25) is 4.79 Å². The molecule has 0 aromatic heterocycles. The Morgan fingerprint density at radius 2 is 1.61 bits per heavy atom.